The van der Waals surface area contributed by atoms with Crippen LogP contribution >= 0.6 is 0 Å². The SMILES string of the molecule is COCC(C)N1CC(C(=O)Nc2ccccc2OC)CC1=O. The third kappa shape index (κ3) is 3.57. The fourth-order valence-corrected chi connectivity index (χ4v) is 2.65. The van der Waals surface area contributed by atoms with Gasteiger partial charge in [0.1, 0.15) is 5.75 Å². The molecule has 0 aliphatic carbocycles. The minimum Gasteiger partial charge on any atom is -0.495 e. The number of anilines is 1. The van der Waals surface area contributed by atoms with E-state index in [9.17, 15) is 9.59 Å². The van der Waals surface area contributed by atoms with Gasteiger partial charge in [-0.1, -0.05) is 12.1 Å². The molecular formula is C16H22N2O4. The molecule has 0 bridgehead atoms. The maximum absolute atomic E-state index is 12.4. The summed E-state index contributed by atoms with van der Waals surface area (Å²) in [6, 6.07) is 7.19. The van der Waals surface area contributed by atoms with Crippen LogP contribution in [0.2, 0.25) is 0 Å². The maximum atomic E-state index is 12.4. The van der Waals surface area contributed by atoms with E-state index in [4.69, 9.17) is 9.47 Å². The molecular weight excluding hydrogens is 284 g/mol. The summed E-state index contributed by atoms with van der Waals surface area (Å²) in [6.07, 6.45) is 0.231. The summed E-state index contributed by atoms with van der Waals surface area (Å²) in [6.45, 7) is 2.80. The zero-order chi connectivity index (χ0) is 16.1. The second-order valence-electron chi connectivity index (χ2n) is 5.44. The molecule has 6 heteroatoms. The number of benzene rings is 1. The van der Waals surface area contributed by atoms with Gasteiger partial charge in [-0.15, -0.1) is 0 Å². The summed E-state index contributed by atoms with van der Waals surface area (Å²) in [7, 11) is 3.15. The van der Waals surface area contributed by atoms with E-state index in [0.29, 0.717) is 24.6 Å². The Morgan fingerprint density at radius 3 is 2.82 bits per heavy atom. The Bertz CT molecular complexity index is 547. The summed E-state index contributed by atoms with van der Waals surface area (Å²) in [4.78, 5) is 26.1. The van der Waals surface area contributed by atoms with Gasteiger partial charge in [0.15, 0.2) is 0 Å². The molecule has 1 aromatic rings. The van der Waals surface area contributed by atoms with Crippen molar-refractivity contribution in [3.05, 3.63) is 24.3 Å². The number of carbonyl (C=O) groups is 2. The van der Waals surface area contributed by atoms with E-state index >= 15 is 0 Å². The Balaban J connectivity index is 2.01. The van der Waals surface area contributed by atoms with Crippen molar-refractivity contribution in [2.45, 2.75) is 19.4 Å². The summed E-state index contributed by atoms with van der Waals surface area (Å²) in [5, 5.41) is 2.84. The predicted octanol–water partition coefficient (Wildman–Crippen LogP) is 1.52. The molecule has 0 spiro atoms. The summed E-state index contributed by atoms with van der Waals surface area (Å²) in [5.41, 5.74) is 0.617. The monoisotopic (exact) mass is 306 g/mol. The zero-order valence-corrected chi connectivity index (χ0v) is 13.2. The molecule has 1 fully saturated rings. The van der Waals surface area contributed by atoms with Gasteiger partial charge >= 0.3 is 0 Å². The van der Waals surface area contributed by atoms with Crippen LogP contribution in [0.3, 0.4) is 0 Å². The van der Waals surface area contributed by atoms with Crippen LogP contribution in [0.5, 0.6) is 5.75 Å². The van der Waals surface area contributed by atoms with Crippen LogP contribution in [-0.4, -0.2) is 50.1 Å². The van der Waals surface area contributed by atoms with Crippen LogP contribution < -0.4 is 10.1 Å². The quantitative estimate of drug-likeness (QED) is 0.865. The van der Waals surface area contributed by atoms with Gasteiger partial charge in [0, 0.05) is 20.1 Å². The van der Waals surface area contributed by atoms with Crippen LogP contribution in [0, 0.1) is 5.92 Å². The van der Waals surface area contributed by atoms with Crippen molar-refractivity contribution >= 4 is 17.5 Å². The highest BCUT2D eigenvalue weighted by molar-refractivity contribution is 5.98. The zero-order valence-electron chi connectivity index (χ0n) is 13.2. The van der Waals surface area contributed by atoms with Gasteiger partial charge in [-0.3, -0.25) is 9.59 Å². The normalized spacial score (nSPS) is 19.1. The van der Waals surface area contributed by atoms with E-state index in [1.54, 1.807) is 31.3 Å². The van der Waals surface area contributed by atoms with E-state index in [1.165, 1.54) is 0 Å². The maximum Gasteiger partial charge on any atom is 0.229 e. The lowest BCUT2D eigenvalue weighted by Gasteiger charge is -2.24. The Hall–Kier alpha value is -2.08. The smallest absolute Gasteiger partial charge is 0.229 e. The highest BCUT2D eigenvalue weighted by atomic mass is 16.5. The molecule has 22 heavy (non-hydrogen) atoms. The second-order valence-corrected chi connectivity index (χ2v) is 5.44. The van der Waals surface area contributed by atoms with Gasteiger partial charge in [0.25, 0.3) is 0 Å². The minimum atomic E-state index is -0.350. The number of nitrogens with zero attached hydrogens (tertiary/aromatic N) is 1. The number of para-hydroxylation sites is 2. The highest BCUT2D eigenvalue weighted by Gasteiger charge is 2.36. The molecule has 2 unspecified atom stereocenters. The molecule has 2 rings (SSSR count). The van der Waals surface area contributed by atoms with Crippen molar-refractivity contribution in [3.63, 3.8) is 0 Å². The molecule has 120 valence electrons. The van der Waals surface area contributed by atoms with Crippen LogP contribution in [0.1, 0.15) is 13.3 Å². The molecule has 1 heterocycles. The highest BCUT2D eigenvalue weighted by Crippen LogP contribution is 2.26. The largest absolute Gasteiger partial charge is 0.495 e. The number of hydrogen-bond acceptors (Lipinski definition) is 4. The first-order chi connectivity index (χ1) is 10.6. The average molecular weight is 306 g/mol. The Morgan fingerprint density at radius 2 is 2.14 bits per heavy atom. The van der Waals surface area contributed by atoms with E-state index < -0.39 is 0 Å². The van der Waals surface area contributed by atoms with Crippen molar-refractivity contribution < 1.29 is 19.1 Å². The molecule has 2 atom stereocenters. The van der Waals surface area contributed by atoms with Gasteiger partial charge in [0.05, 0.1) is 31.4 Å². The summed E-state index contributed by atoms with van der Waals surface area (Å²) in [5.74, 6) is 0.0798. The third-order valence-corrected chi connectivity index (χ3v) is 3.83. The van der Waals surface area contributed by atoms with Crippen molar-refractivity contribution in [2.24, 2.45) is 5.92 Å². The fraction of sp³-hybridized carbons (Fsp3) is 0.500. The Labute approximate surface area is 130 Å². The third-order valence-electron chi connectivity index (χ3n) is 3.83. The summed E-state index contributed by atoms with van der Waals surface area (Å²) < 4.78 is 10.3. The van der Waals surface area contributed by atoms with Crippen molar-refractivity contribution in [2.75, 3.05) is 32.7 Å². The first-order valence-corrected chi connectivity index (χ1v) is 7.29. The molecule has 0 aromatic heterocycles. The minimum absolute atomic E-state index is 0.00951. The lowest BCUT2D eigenvalue weighted by atomic mass is 10.1. The number of hydrogen-bond donors (Lipinski definition) is 1. The van der Waals surface area contributed by atoms with Crippen LogP contribution in [0.4, 0.5) is 5.69 Å². The van der Waals surface area contributed by atoms with Crippen molar-refractivity contribution in [3.8, 4) is 5.75 Å². The molecule has 0 saturated carbocycles. The molecule has 6 nitrogen and oxygen atoms in total. The van der Waals surface area contributed by atoms with E-state index in [1.807, 2.05) is 19.1 Å². The standard InChI is InChI=1S/C16H22N2O4/c1-11(10-21-2)18-9-12(8-15(18)19)16(20)17-13-6-4-5-7-14(13)22-3/h4-7,11-12H,8-10H2,1-3H3,(H,17,20). The molecule has 1 aliphatic rings. The number of carbonyl (C=O) groups excluding carboxylic acids is 2. The van der Waals surface area contributed by atoms with Crippen LogP contribution in [-0.2, 0) is 14.3 Å². The molecule has 1 aliphatic heterocycles. The van der Waals surface area contributed by atoms with Crippen LogP contribution in [0.15, 0.2) is 24.3 Å². The number of likely N-dealkylation sites (tertiary alicyclic amines) is 1. The van der Waals surface area contributed by atoms with Gasteiger partial charge < -0.3 is 19.7 Å². The van der Waals surface area contributed by atoms with Crippen molar-refractivity contribution in [1.82, 2.24) is 4.90 Å². The number of amides is 2. The number of nitrogens with one attached hydrogen (secondary N) is 1. The van der Waals surface area contributed by atoms with E-state index in [-0.39, 0.29) is 30.2 Å². The lowest BCUT2D eigenvalue weighted by Crippen LogP contribution is -2.38. The number of methoxy groups -OCH3 is 2. The molecule has 0 radical (unpaired) electrons. The second kappa shape index (κ2) is 7.26. The average Bonchev–Trinajstić information content (AvgIpc) is 2.90. The number of ether oxygens (including phenoxy) is 2. The molecule has 1 N–H and O–H groups in total. The van der Waals surface area contributed by atoms with Gasteiger partial charge in [-0.2, -0.15) is 0 Å². The molecule has 1 aromatic carbocycles. The first kappa shape index (κ1) is 16.3. The lowest BCUT2D eigenvalue weighted by molar-refractivity contribution is -0.130. The Kier molecular flexibility index (Phi) is 5.38. The fourth-order valence-electron chi connectivity index (χ4n) is 2.65. The van der Waals surface area contributed by atoms with E-state index in [2.05, 4.69) is 5.32 Å². The number of rotatable bonds is 6. The topological polar surface area (TPSA) is 67.9 Å². The summed E-state index contributed by atoms with van der Waals surface area (Å²) >= 11 is 0. The Morgan fingerprint density at radius 1 is 1.41 bits per heavy atom. The predicted molar refractivity (Wildman–Crippen MR) is 82.8 cm³/mol. The van der Waals surface area contributed by atoms with Gasteiger partial charge in [-0.25, -0.2) is 0 Å². The van der Waals surface area contributed by atoms with Gasteiger partial charge in [0.2, 0.25) is 11.8 Å². The van der Waals surface area contributed by atoms with Crippen LogP contribution in [0.25, 0.3) is 0 Å². The molecule has 1 saturated heterocycles. The molecule has 2 amide bonds. The first-order valence-electron chi connectivity index (χ1n) is 7.29. The van der Waals surface area contributed by atoms with Crippen molar-refractivity contribution in [1.29, 1.82) is 0 Å². The van der Waals surface area contributed by atoms with E-state index in [0.717, 1.165) is 0 Å². The van der Waals surface area contributed by atoms with Gasteiger partial charge in [-0.05, 0) is 19.1 Å².